The highest BCUT2D eigenvalue weighted by Gasteiger charge is 2.15. The van der Waals surface area contributed by atoms with Crippen molar-refractivity contribution in [3.63, 3.8) is 0 Å². The predicted octanol–water partition coefficient (Wildman–Crippen LogP) is 3.74. The molecule has 7 heteroatoms. The zero-order valence-electron chi connectivity index (χ0n) is 16.5. The first-order chi connectivity index (χ1) is 14.1. The normalized spacial score (nSPS) is 10.4. The summed E-state index contributed by atoms with van der Waals surface area (Å²) >= 11 is 0. The molecule has 7 nitrogen and oxygen atoms in total. The molecule has 0 spiro atoms. The first-order valence-corrected chi connectivity index (χ1v) is 9.54. The van der Waals surface area contributed by atoms with Crippen molar-refractivity contribution in [1.29, 1.82) is 0 Å². The van der Waals surface area contributed by atoms with Crippen LogP contribution >= 0.6 is 0 Å². The number of aryl methyl sites for hydroxylation is 1. The van der Waals surface area contributed by atoms with Crippen LogP contribution in [0.5, 0.6) is 0 Å². The van der Waals surface area contributed by atoms with E-state index >= 15 is 0 Å². The second-order valence-corrected chi connectivity index (χ2v) is 6.42. The van der Waals surface area contributed by atoms with E-state index in [2.05, 4.69) is 44.6 Å². The highest BCUT2D eigenvalue weighted by Crippen LogP contribution is 2.26. The van der Waals surface area contributed by atoms with E-state index < -0.39 is 0 Å². The van der Waals surface area contributed by atoms with Crippen molar-refractivity contribution in [2.75, 3.05) is 17.2 Å². The van der Waals surface area contributed by atoms with E-state index in [1.807, 2.05) is 12.1 Å². The van der Waals surface area contributed by atoms with Gasteiger partial charge in [0, 0.05) is 30.6 Å². The summed E-state index contributed by atoms with van der Waals surface area (Å²) in [6.45, 7) is 3.83. The number of anilines is 2. The monoisotopic (exact) mass is 389 g/mol. The number of ketones is 1. The Kier molecular flexibility index (Phi) is 6.63. The van der Waals surface area contributed by atoms with Gasteiger partial charge in [0.15, 0.2) is 5.78 Å². The molecule has 3 rings (SSSR count). The third-order valence-corrected chi connectivity index (χ3v) is 4.39. The maximum absolute atomic E-state index is 12.4. The van der Waals surface area contributed by atoms with Crippen molar-refractivity contribution >= 4 is 23.3 Å². The number of nitrogens with one attached hydrogen (secondary N) is 2. The summed E-state index contributed by atoms with van der Waals surface area (Å²) < 4.78 is 0. The number of hydrogen-bond acceptors (Lipinski definition) is 6. The van der Waals surface area contributed by atoms with Gasteiger partial charge >= 0.3 is 0 Å². The molecule has 2 heterocycles. The smallest absolute Gasteiger partial charge is 0.243 e. The topological polar surface area (TPSA) is 96.9 Å². The molecular formula is C22H23N5O2. The number of carbonyl (C=O) groups is 2. The van der Waals surface area contributed by atoms with Crippen LogP contribution in [-0.4, -0.2) is 33.2 Å². The van der Waals surface area contributed by atoms with Crippen LogP contribution in [0.2, 0.25) is 0 Å². The first kappa shape index (κ1) is 20.1. The summed E-state index contributed by atoms with van der Waals surface area (Å²) in [5.74, 6) is -0.0897. The molecule has 3 aromatic rings. The fourth-order valence-corrected chi connectivity index (χ4v) is 2.82. The Morgan fingerprint density at radius 1 is 0.966 bits per heavy atom. The van der Waals surface area contributed by atoms with Crippen molar-refractivity contribution in [2.24, 2.45) is 0 Å². The third kappa shape index (κ3) is 5.22. The largest absolute Gasteiger partial charge is 0.345 e. The van der Waals surface area contributed by atoms with Gasteiger partial charge in [-0.05, 0) is 29.7 Å². The number of carbonyl (C=O) groups excluding carboxylic acids is 2. The molecular weight excluding hydrogens is 366 g/mol. The standard InChI is InChI=1S/C22H23N5O2/c1-3-15-7-5-8-16(11-15)17-12-18(21(25-13-17)19(28)4-2)27-20(29)14-26-22-23-9-6-10-24-22/h5-13H,3-4,14H2,1-2H3,(H,27,29)(H,23,24,26). The van der Waals surface area contributed by atoms with Crippen molar-refractivity contribution in [3.8, 4) is 11.1 Å². The van der Waals surface area contributed by atoms with Crippen LogP contribution in [-0.2, 0) is 11.2 Å². The molecule has 0 aliphatic heterocycles. The van der Waals surface area contributed by atoms with E-state index in [1.165, 1.54) is 5.56 Å². The Hall–Kier alpha value is -3.61. The second kappa shape index (κ2) is 9.54. The van der Waals surface area contributed by atoms with Gasteiger partial charge in [-0.2, -0.15) is 0 Å². The Balaban J connectivity index is 1.83. The molecule has 0 aliphatic carbocycles. The van der Waals surface area contributed by atoms with Crippen LogP contribution in [0.3, 0.4) is 0 Å². The molecule has 0 atom stereocenters. The van der Waals surface area contributed by atoms with Gasteiger partial charge in [0.2, 0.25) is 11.9 Å². The number of pyridine rings is 1. The molecule has 0 radical (unpaired) electrons. The van der Waals surface area contributed by atoms with Gasteiger partial charge in [0.1, 0.15) is 5.69 Å². The minimum atomic E-state index is -0.316. The van der Waals surface area contributed by atoms with Crippen LogP contribution in [0.25, 0.3) is 11.1 Å². The summed E-state index contributed by atoms with van der Waals surface area (Å²) in [5.41, 5.74) is 3.68. The lowest BCUT2D eigenvalue weighted by Crippen LogP contribution is -2.24. The van der Waals surface area contributed by atoms with Gasteiger partial charge < -0.3 is 10.6 Å². The quantitative estimate of drug-likeness (QED) is 0.570. The summed E-state index contributed by atoms with van der Waals surface area (Å²) in [7, 11) is 0. The molecule has 1 amide bonds. The highest BCUT2D eigenvalue weighted by atomic mass is 16.2. The lowest BCUT2D eigenvalue weighted by atomic mass is 10.0. The minimum Gasteiger partial charge on any atom is -0.345 e. The number of hydrogen-bond donors (Lipinski definition) is 2. The Morgan fingerprint density at radius 2 is 1.76 bits per heavy atom. The first-order valence-electron chi connectivity index (χ1n) is 9.54. The molecule has 0 saturated carbocycles. The van der Waals surface area contributed by atoms with Crippen LogP contribution in [0.15, 0.2) is 55.0 Å². The fourth-order valence-electron chi connectivity index (χ4n) is 2.82. The van der Waals surface area contributed by atoms with Gasteiger partial charge in [0.25, 0.3) is 0 Å². The number of rotatable bonds is 8. The maximum atomic E-state index is 12.4. The van der Waals surface area contributed by atoms with Gasteiger partial charge in [-0.3, -0.25) is 14.6 Å². The lowest BCUT2D eigenvalue weighted by molar-refractivity contribution is -0.114. The molecule has 29 heavy (non-hydrogen) atoms. The lowest BCUT2D eigenvalue weighted by Gasteiger charge is -2.12. The number of benzene rings is 1. The molecule has 148 valence electrons. The van der Waals surface area contributed by atoms with E-state index in [1.54, 1.807) is 37.6 Å². The number of nitrogens with zero attached hydrogens (tertiary/aromatic N) is 3. The Labute approximate surface area is 169 Å². The van der Waals surface area contributed by atoms with Crippen molar-refractivity contribution in [3.05, 3.63) is 66.2 Å². The van der Waals surface area contributed by atoms with Gasteiger partial charge in [-0.15, -0.1) is 0 Å². The number of aromatic nitrogens is 3. The summed E-state index contributed by atoms with van der Waals surface area (Å²) in [4.78, 5) is 37.1. The zero-order valence-corrected chi connectivity index (χ0v) is 16.5. The Morgan fingerprint density at radius 3 is 2.48 bits per heavy atom. The Bertz CT molecular complexity index is 1010. The highest BCUT2D eigenvalue weighted by molar-refractivity contribution is 6.04. The average Bonchev–Trinajstić information content (AvgIpc) is 2.78. The third-order valence-electron chi connectivity index (χ3n) is 4.39. The van der Waals surface area contributed by atoms with Crippen LogP contribution < -0.4 is 10.6 Å². The molecule has 0 saturated heterocycles. The van der Waals surface area contributed by atoms with E-state index in [0.29, 0.717) is 18.1 Å². The minimum absolute atomic E-state index is 0.0285. The number of Topliss-reactive ketones (excluding diaryl/α,β-unsaturated/α-hetero) is 1. The molecule has 2 N–H and O–H groups in total. The van der Waals surface area contributed by atoms with E-state index in [4.69, 9.17) is 0 Å². The van der Waals surface area contributed by atoms with Gasteiger partial charge in [-0.25, -0.2) is 9.97 Å². The summed E-state index contributed by atoms with van der Waals surface area (Å²) in [5, 5.41) is 5.64. The molecule has 0 unspecified atom stereocenters. The van der Waals surface area contributed by atoms with E-state index in [-0.39, 0.29) is 23.9 Å². The van der Waals surface area contributed by atoms with Gasteiger partial charge in [-0.1, -0.05) is 38.1 Å². The molecule has 0 bridgehead atoms. The van der Waals surface area contributed by atoms with Crippen molar-refractivity contribution < 1.29 is 9.59 Å². The average molecular weight is 389 g/mol. The van der Waals surface area contributed by atoms with Crippen LogP contribution in [0, 0.1) is 0 Å². The maximum Gasteiger partial charge on any atom is 0.243 e. The molecule has 0 aliphatic rings. The number of amides is 1. The zero-order chi connectivity index (χ0) is 20.6. The van der Waals surface area contributed by atoms with Crippen LogP contribution in [0.4, 0.5) is 11.6 Å². The molecule has 2 aromatic heterocycles. The fraction of sp³-hybridized carbons (Fsp3) is 0.227. The van der Waals surface area contributed by atoms with Gasteiger partial charge in [0.05, 0.1) is 12.2 Å². The SMILES string of the molecule is CCC(=O)c1ncc(-c2cccc(CC)c2)cc1NC(=O)CNc1ncccn1. The predicted molar refractivity (Wildman–Crippen MR) is 113 cm³/mol. The molecule has 1 aromatic carbocycles. The van der Waals surface area contributed by atoms with Crippen molar-refractivity contribution in [1.82, 2.24) is 15.0 Å². The van der Waals surface area contributed by atoms with E-state index in [9.17, 15) is 9.59 Å². The summed E-state index contributed by atoms with van der Waals surface area (Å²) in [6, 6.07) is 11.6. The van der Waals surface area contributed by atoms with E-state index in [0.717, 1.165) is 17.5 Å². The molecule has 0 fully saturated rings. The van der Waals surface area contributed by atoms with Crippen molar-refractivity contribution in [2.45, 2.75) is 26.7 Å². The summed E-state index contributed by atoms with van der Waals surface area (Å²) in [6.07, 6.45) is 6.07. The van der Waals surface area contributed by atoms with Crippen LogP contribution in [0.1, 0.15) is 36.3 Å². The second-order valence-electron chi connectivity index (χ2n) is 6.42.